The average Bonchev–Trinajstić information content (AvgIpc) is 2.73. The Morgan fingerprint density at radius 2 is 0.897 bits per heavy atom. The highest BCUT2D eigenvalue weighted by Gasteiger charge is 1.98. The molecule has 0 saturated carbocycles. The summed E-state index contributed by atoms with van der Waals surface area (Å²) < 4.78 is 0. The molecule has 2 nitrogen and oxygen atoms in total. The normalized spacial score (nSPS) is 11.9. The molecule has 29 heavy (non-hydrogen) atoms. The molecule has 0 fully saturated rings. The Morgan fingerprint density at radius 1 is 0.517 bits per heavy atom. The van der Waals surface area contributed by atoms with Crippen LogP contribution in [-0.2, 0) is 0 Å². The Hall–Kier alpha value is -0.340. The van der Waals surface area contributed by atoms with Crippen LogP contribution in [0.4, 0.5) is 0 Å². The lowest BCUT2D eigenvalue weighted by molar-refractivity contribution is 0.321. The minimum Gasteiger partial charge on any atom is -0.330 e. The van der Waals surface area contributed by atoms with Gasteiger partial charge in [0.15, 0.2) is 0 Å². The maximum Gasteiger partial charge on any atom is -0.000977 e. The molecule has 0 aliphatic heterocycles. The molecule has 0 heterocycles. The predicted molar refractivity (Wildman–Crippen MR) is 134 cm³/mol. The molecular weight excluding hydrogens is 352 g/mol. The summed E-state index contributed by atoms with van der Waals surface area (Å²) in [6, 6.07) is 0. The van der Waals surface area contributed by atoms with Crippen molar-refractivity contribution in [3.8, 4) is 0 Å². The molecule has 0 saturated heterocycles. The SMILES string of the molecule is CCCCCCCC/C=C\CCCCCCCCCCCCCN(C)CCCN. The topological polar surface area (TPSA) is 29.3 Å². The molecule has 0 aliphatic rings. The molecule has 0 rings (SSSR count). The summed E-state index contributed by atoms with van der Waals surface area (Å²) in [5.41, 5.74) is 5.56. The molecule has 0 bridgehead atoms. The molecule has 0 aromatic heterocycles. The van der Waals surface area contributed by atoms with E-state index in [0.717, 1.165) is 19.5 Å². The molecule has 0 unspecified atom stereocenters. The summed E-state index contributed by atoms with van der Waals surface area (Å²) in [7, 11) is 2.22. The monoisotopic (exact) mass is 408 g/mol. The van der Waals surface area contributed by atoms with Crippen molar-refractivity contribution in [1.29, 1.82) is 0 Å². The van der Waals surface area contributed by atoms with E-state index >= 15 is 0 Å². The van der Waals surface area contributed by atoms with Gasteiger partial charge in [-0.25, -0.2) is 0 Å². The second-order valence-electron chi connectivity index (χ2n) is 9.15. The summed E-state index contributed by atoms with van der Waals surface area (Å²) >= 11 is 0. The third kappa shape index (κ3) is 25.6. The van der Waals surface area contributed by atoms with Gasteiger partial charge in [-0.2, -0.15) is 0 Å². The number of unbranched alkanes of at least 4 members (excludes halogenated alkanes) is 17. The van der Waals surface area contributed by atoms with Gasteiger partial charge in [0.05, 0.1) is 0 Å². The Morgan fingerprint density at radius 3 is 1.34 bits per heavy atom. The number of nitrogens with zero attached hydrogens (tertiary/aromatic N) is 1. The number of hydrogen-bond acceptors (Lipinski definition) is 2. The number of rotatable bonds is 24. The third-order valence-electron chi connectivity index (χ3n) is 6.05. The number of hydrogen-bond donors (Lipinski definition) is 1. The van der Waals surface area contributed by atoms with Crippen molar-refractivity contribution >= 4 is 0 Å². The average molecular weight is 409 g/mol. The fourth-order valence-electron chi connectivity index (χ4n) is 3.99. The van der Waals surface area contributed by atoms with Crippen LogP contribution in [0.5, 0.6) is 0 Å². The van der Waals surface area contributed by atoms with Gasteiger partial charge in [0.2, 0.25) is 0 Å². The van der Waals surface area contributed by atoms with Gasteiger partial charge in [-0.05, 0) is 65.2 Å². The predicted octanol–water partition coefficient (Wildman–Crippen LogP) is 8.26. The molecule has 0 atom stereocenters. The molecule has 0 spiro atoms. The first-order valence-electron chi connectivity index (χ1n) is 13.3. The lowest BCUT2D eigenvalue weighted by atomic mass is 10.0. The molecule has 2 heteroatoms. The molecule has 0 radical (unpaired) electrons. The van der Waals surface area contributed by atoms with E-state index in [2.05, 4.69) is 31.0 Å². The van der Waals surface area contributed by atoms with Crippen LogP contribution in [0, 0.1) is 0 Å². The summed E-state index contributed by atoms with van der Waals surface area (Å²) in [6.07, 6.45) is 32.8. The van der Waals surface area contributed by atoms with Crippen molar-refractivity contribution in [3.63, 3.8) is 0 Å². The lowest BCUT2D eigenvalue weighted by Crippen LogP contribution is -2.22. The first-order valence-corrected chi connectivity index (χ1v) is 13.3. The van der Waals surface area contributed by atoms with Gasteiger partial charge in [-0.15, -0.1) is 0 Å². The van der Waals surface area contributed by atoms with Crippen molar-refractivity contribution in [3.05, 3.63) is 12.2 Å². The third-order valence-corrected chi connectivity index (χ3v) is 6.05. The van der Waals surface area contributed by atoms with Gasteiger partial charge >= 0.3 is 0 Å². The number of nitrogens with two attached hydrogens (primary N) is 1. The van der Waals surface area contributed by atoms with Gasteiger partial charge < -0.3 is 10.6 Å². The Labute approximate surface area is 185 Å². The molecular formula is C27H56N2. The molecule has 0 aliphatic carbocycles. The minimum atomic E-state index is 0.820. The molecule has 0 aromatic rings. The summed E-state index contributed by atoms with van der Waals surface area (Å²) in [6.45, 7) is 5.51. The van der Waals surface area contributed by atoms with Gasteiger partial charge in [0.25, 0.3) is 0 Å². The summed E-state index contributed by atoms with van der Waals surface area (Å²) in [4.78, 5) is 2.43. The fraction of sp³-hybridized carbons (Fsp3) is 0.926. The lowest BCUT2D eigenvalue weighted by Gasteiger charge is -2.15. The smallest absolute Gasteiger partial charge is 0.000977 e. The highest BCUT2D eigenvalue weighted by molar-refractivity contribution is 4.81. The highest BCUT2D eigenvalue weighted by Crippen LogP contribution is 2.13. The molecule has 0 aromatic carbocycles. The number of allylic oxidation sites excluding steroid dienone is 2. The van der Waals surface area contributed by atoms with Crippen molar-refractivity contribution in [2.24, 2.45) is 5.73 Å². The van der Waals surface area contributed by atoms with E-state index in [0.29, 0.717) is 0 Å². The molecule has 2 N–H and O–H groups in total. The van der Waals surface area contributed by atoms with E-state index in [-0.39, 0.29) is 0 Å². The second kappa shape index (κ2) is 25.7. The van der Waals surface area contributed by atoms with Crippen LogP contribution in [0.15, 0.2) is 12.2 Å². The van der Waals surface area contributed by atoms with E-state index in [9.17, 15) is 0 Å². The minimum absolute atomic E-state index is 0.820. The van der Waals surface area contributed by atoms with Crippen molar-refractivity contribution < 1.29 is 0 Å². The molecule has 0 amide bonds. The van der Waals surface area contributed by atoms with Crippen LogP contribution in [0.25, 0.3) is 0 Å². The van der Waals surface area contributed by atoms with Crippen molar-refractivity contribution in [1.82, 2.24) is 4.90 Å². The van der Waals surface area contributed by atoms with Crippen LogP contribution < -0.4 is 5.73 Å². The van der Waals surface area contributed by atoms with E-state index < -0.39 is 0 Å². The van der Waals surface area contributed by atoms with E-state index in [1.807, 2.05) is 0 Å². The Balaban J connectivity index is 3.10. The van der Waals surface area contributed by atoms with Crippen LogP contribution >= 0.6 is 0 Å². The van der Waals surface area contributed by atoms with Gasteiger partial charge in [-0.3, -0.25) is 0 Å². The Bertz CT molecular complexity index is 314. The highest BCUT2D eigenvalue weighted by atomic mass is 15.1. The standard InChI is InChI=1S/C27H56N2/c1-3-4-5-6-7-8-9-10-11-12-13-14-15-16-17-18-19-20-21-22-23-26-29(2)27-24-25-28/h10-11H,3-9,12-28H2,1-2H3/b11-10-. The Kier molecular flexibility index (Phi) is 25.4. The van der Waals surface area contributed by atoms with Crippen LogP contribution in [-0.4, -0.2) is 31.6 Å². The quantitative estimate of drug-likeness (QED) is 0.129. The van der Waals surface area contributed by atoms with E-state index in [1.54, 1.807) is 0 Å². The zero-order valence-electron chi connectivity index (χ0n) is 20.4. The second-order valence-corrected chi connectivity index (χ2v) is 9.15. The molecule has 174 valence electrons. The zero-order valence-corrected chi connectivity index (χ0v) is 20.4. The maximum absolute atomic E-state index is 5.56. The van der Waals surface area contributed by atoms with Crippen LogP contribution in [0.2, 0.25) is 0 Å². The summed E-state index contributed by atoms with van der Waals surface area (Å²) in [5.74, 6) is 0. The van der Waals surface area contributed by atoms with E-state index in [4.69, 9.17) is 5.73 Å². The fourth-order valence-corrected chi connectivity index (χ4v) is 3.99. The maximum atomic E-state index is 5.56. The summed E-state index contributed by atoms with van der Waals surface area (Å²) in [5, 5.41) is 0. The first kappa shape index (κ1) is 28.7. The van der Waals surface area contributed by atoms with Crippen LogP contribution in [0.3, 0.4) is 0 Å². The zero-order chi connectivity index (χ0) is 21.3. The first-order chi connectivity index (χ1) is 14.3. The van der Waals surface area contributed by atoms with Crippen LogP contribution in [0.1, 0.15) is 135 Å². The van der Waals surface area contributed by atoms with Gasteiger partial charge in [-0.1, -0.05) is 109 Å². The van der Waals surface area contributed by atoms with Crippen molar-refractivity contribution in [2.45, 2.75) is 135 Å². The van der Waals surface area contributed by atoms with Gasteiger partial charge in [0, 0.05) is 0 Å². The van der Waals surface area contributed by atoms with E-state index in [1.165, 1.54) is 129 Å². The largest absolute Gasteiger partial charge is 0.330 e. The van der Waals surface area contributed by atoms with Gasteiger partial charge in [0.1, 0.15) is 0 Å². The van der Waals surface area contributed by atoms with Crippen molar-refractivity contribution in [2.75, 3.05) is 26.7 Å².